The number of Topliss-reactive ketones (excluding diaryl/α,β-unsaturated/α-hetero) is 1. The first kappa shape index (κ1) is 19.2. The summed E-state index contributed by atoms with van der Waals surface area (Å²) in [7, 11) is 0. The van der Waals surface area contributed by atoms with Crippen LogP contribution in [-0.2, 0) is 9.59 Å². The second-order valence-corrected chi connectivity index (χ2v) is 7.84. The molecule has 0 spiro atoms. The summed E-state index contributed by atoms with van der Waals surface area (Å²) in [4.78, 5) is 27.4. The van der Waals surface area contributed by atoms with Crippen LogP contribution in [-0.4, -0.2) is 16.8 Å². The number of para-hydroxylation sites is 1. The number of benzene rings is 3. The Kier molecular flexibility index (Phi) is 5.07. The highest BCUT2D eigenvalue weighted by atomic mass is 79.9. The third-order valence-corrected chi connectivity index (χ3v) is 5.52. The average Bonchev–Trinajstić information content (AvgIpc) is 3.00. The molecule has 1 aliphatic rings. The Morgan fingerprint density at radius 2 is 1.52 bits per heavy atom. The molecule has 4 rings (SSSR count). The molecule has 4 nitrogen and oxygen atoms in total. The zero-order valence-corrected chi connectivity index (χ0v) is 17.3. The molecular formula is C24H18BrNO3. The van der Waals surface area contributed by atoms with E-state index in [1.54, 1.807) is 24.3 Å². The van der Waals surface area contributed by atoms with Crippen molar-refractivity contribution in [2.45, 2.75) is 13.0 Å². The fourth-order valence-corrected chi connectivity index (χ4v) is 3.78. The Morgan fingerprint density at radius 1 is 0.897 bits per heavy atom. The topological polar surface area (TPSA) is 57.6 Å². The van der Waals surface area contributed by atoms with E-state index in [0.717, 1.165) is 15.6 Å². The molecule has 0 aromatic heterocycles. The van der Waals surface area contributed by atoms with Crippen LogP contribution in [0.4, 0.5) is 5.69 Å². The second kappa shape index (κ2) is 7.68. The number of hydrogen-bond donors (Lipinski definition) is 1. The van der Waals surface area contributed by atoms with E-state index in [-0.39, 0.29) is 11.3 Å². The highest BCUT2D eigenvalue weighted by Gasteiger charge is 2.46. The first-order valence-electron chi connectivity index (χ1n) is 9.16. The number of aliphatic hydroxyl groups is 1. The predicted octanol–water partition coefficient (Wildman–Crippen LogP) is 5.38. The number of nitrogens with zero attached hydrogens (tertiary/aromatic N) is 1. The molecule has 0 radical (unpaired) electrons. The highest BCUT2D eigenvalue weighted by molar-refractivity contribution is 9.10. The summed E-state index contributed by atoms with van der Waals surface area (Å²) in [6.07, 6.45) is 0. The molecule has 0 bridgehead atoms. The van der Waals surface area contributed by atoms with Crippen molar-refractivity contribution < 1.29 is 14.7 Å². The molecule has 1 saturated heterocycles. The number of aliphatic hydroxyl groups excluding tert-OH is 1. The second-order valence-electron chi connectivity index (χ2n) is 6.92. The molecule has 1 N–H and O–H groups in total. The fraction of sp³-hybridized carbons (Fsp3) is 0.0833. The van der Waals surface area contributed by atoms with Crippen molar-refractivity contribution in [1.29, 1.82) is 0 Å². The lowest BCUT2D eigenvalue weighted by atomic mass is 9.95. The maximum absolute atomic E-state index is 13.0. The van der Waals surface area contributed by atoms with Crippen molar-refractivity contribution in [2.24, 2.45) is 0 Å². The summed E-state index contributed by atoms with van der Waals surface area (Å²) in [5, 5.41) is 11.0. The van der Waals surface area contributed by atoms with E-state index < -0.39 is 17.7 Å². The number of aryl methyl sites for hydroxylation is 1. The van der Waals surface area contributed by atoms with Gasteiger partial charge in [-0.2, -0.15) is 0 Å². The number of halogens is 1. The van der Waals surface area contributed by atoms with Crippen LogP contribution in [0.25, 0.3) is 5.76 Å². The molecule has 144 valence electrons. The van der Waals surface area contributed by atoms with Gasteiger partial charge in [0.2, 0.25) is 0 Å². The Balaban J connectivity index is 1.94. The molecule has 0 aliphatic carbocycles. The van der Waals surface area contributed by atoms with Crippen LogP contribution >= 0.6 is 15.9 Å². The van der Waals surface area contributed by atoms with Gasteiger partial charge in [-0.3, -0.25) is 14.5 Å². The van der Waals surface area contributed by atoms with Crippen LogP contribution in [0, 0.1) is 6.92 Å². The minimum Gasteiger partial charge on any atom is -0.507 e. The summed E-state index contributed by atoms with van der Waals surface area (Å²) in [6.45, 7) is 1.94. The molecule has 1 unspecified atom stereocenters. The molecule has 3 aromatic carbocycles. The third kappa shape index (κ3) is 3.49. The van der Waals surface area contributed by atoms with Gasteiger partial charge in [-0.25, -0.2) is 0 Å². The Hall–Kier alpha value is -3.18. The zero-order chi connectivity index (χ0) is 20.5. The third-order valence-electron chi connectivity index (χ3n) is 4.99. The summed E-state index contributed by atoms with van der Waals surface area (Å²) >= 11 is 3.42. The standard InChI is InChI=1S/C24H18BrNO3/c1-15-7-9-17(10-8-15)22(27)20-21(16-11-13-18(25)14-12-16)26(24(29)23(20)28)19-5-3-2-4-6-19/h2-14,21,27H,1H3/b22-20+. The number of carbonyl (C=O) groups excluding carboxylic acids is 2. The van der Waals surface area contributed by atoms with Crippen LogP contribution in [0.1, 0.15) is 22.7 Å². The number of carbonyl (C=O) groups is 2. The summed E-state index contributed by atoms with van der Waals surface area (Å²) in [5.74, 6) is -1.52. The average molecular weight is 448 g/mol. The van der Waals surface area contributed by atoms with Crippen molar-refractivity contribution in [1.82, 2.24) is 0 Å². The normalized spacial score (nSPS) is 18.3. The van der Waals surface area contributed by atoms with Gasteiger partial charge in [0, 0.05) is 15.7 Å². The predicted molar refractivity (Wildman–Crippen MR) is 117 cm³/mol. The highest BCUT2D eigenvalue weighted by Crippen LogP contribution is 2.42. The number of ketones is 1. The smallest absolute Gasteiger partial charge is 0.300 e. The summed E-state index contributed by atoms with van der Waals surface area (Å²) in [5.41, 5.74) is 2.97. The lowest BCUT2D eigenvalue weighted by molar-refractivity contribution is -0.132. The minimum absolute atomic E-state index is 0.0880. The molecule has 29 heavy (non-hydrogen) atoms. The van der Waals surface area contributed by atoms with Crippen LogP contribution in [0.5, 0.6) is 0 Å². The van der Waals surface area contributed by atoms with E-state index in [0.29, 0.717) is 11.3 Å². The Bertz CT molecular complexity index is 1100. The van der Waals surface area contributed by atoms with Crippen molar-refractivity contribution in [3.05, 3.63) is 106 Å². The van der Waals surface area contributed by atoms with Crippen LogP contribution in [0.2, 0.25) is 0 Å². The van der Waals surface area contributed by atoms with E-state index in [2.05, 4.69) is 15.9 Å². The van der Waals surface area contributed by atoms with Crippen LogP contribution in [0.3, 0.4) is 0 Å². The molecule has 5 heteroatoms. The minimum atomic E-state index is -0.716. The van der Waals surface area contributed by atoms with Gasteiger partial charge in [-0.05, 0) is 36.8 Å². The van der Waals surface area contributed by atoms with Crippen LogP contribution in [0.15, 0.2) is 88.9 Å². The van der Waals surface area contributed by atoms with Gasteiger partial charge in [0.15, 0.2) is 0 Å². The lowest BCUT2D eigenvalue weighted by Crippen LogP contribution is -2.29. The molecule has 1 heterocycles. The van der Waals surface area contributed by atoms with Crippen LogP contribution < -0.4 is 4.90 Å². The van der Waals surface area contributed by atoms with E-state index in [9.17, 15) is 14.7 Å². The van der Waals surface area contributed by atoms with Gasteiger partial charge in [0.25, 0.3) is 11.7 Å². The van der Waals surface area contributed by atoms with E-state index in [1.165, 1.54) is 4.90 Å². The maximum Gasteiger partial charge on any atom is 0.300 e. The number of rotatable bonds is 3. The van der Waals surface area contributed by atoms with Gasteiger partial charge in [-0.15, -0.1) is 0 Å². The fourth-order valence-electron chi connectivity index (χ4n) is 3.51. The molecule has 1 amide bonds. The molecule has 1 fully saturated rings. The van der Waals surface area contributed by atoms with Gasteiger partial charge in [0.1, 0.15) is 5.76 Å². The molecule has 3 aromatic rings. The number of anilines is 1. The van der Waals surface area contributed by atoms with Crippen molar-refractivity contribution in [3.63, 3.8) is 0 Å². The summed E-state index contributed by atoms with van der Waals surface area (Å²) in [6, 6.07) is 22.9. The monoisotopic (exact) mass is 447 g/mol. The van der Waals surface area contributed by atoms with Gasteiger partial charge in [0.05, 0.1) is 11.6 Å². The van der Waals surface area contributed by atoms with E-state index in [4.69, 9.17) is 0 Å². The molecule has 1 atom stereocenters. The first-order valence-corrected chi connectivity index (χ1v) is 9.95. The van der Waals surface area contributed by atoms with Gasteiger partial charge >= 0.3 is 0 Å². The number of amides is 1. The van der Waals surface area contributed by atoms with Crippen molar-refractivity contribution in [3.8, 4) is 0 Å². The zero-order valence-electron chi connectivity index (χ0n) is 15.7. The van der Waals surface area contributed by atoms with Crippen molar-refractivity contribution in [2.75, 3.05) is 4.90 Å². The summed E-state index contributed by atoms with van der Waals surface area (Å²) < 4.78 is 0.886. The molecular weight excluding hydrogens is 430 g/mol. The SMILES string of the molecule is Cc1ccc(/C(O)=C2\C(=O)C(=O)N(c3ccccc3)C2c2ccc(Br)cc2)cc1. The molecule has 1 aliphatic heterocycles. The van der Waals surface area contributed by atoms with E-state index in [1.807, 2.05) is 61.5 Å². The largest absolute Gasteiger partial charge is 0.507 e. The lowest BCUT2D eigenvalue weighted by Gasteiger charge is -2.25. The van der Waals surface area contributed by atoms with Gasteiger partial charge < -0.3 is 5.11 Å². The molecule has 0 saturated carbocycles. The Morgan fingerprint density at radius 3 is 2.14 bits per heavy atom. The van der Waals surface area contributed by atoms with Gasteiger partial charge in [-0.1, -0.05) is 76.1 Å². The number of hydrogen-bond acceptors (Lipinski definition) is 3. The van der Waals surface area contributed by atoms with Crippen molar-refractivity contribution >= 4 is 39.1 Å². The Labute approximate surface area is 177 Å². The first-order chi connectivity index (χ1) is 14.0. The quantitative estimate of drug-likeness (QED) is 0.332. The maximum atomic E-state index is 13.0. The van der Waals surface area contributed by atoms with E-state index >= 15 is 0 Å².